The molecular weight excluding hydrogens is 426 g/mol. The SMILES string of the molecule is COc1ccc(NC(=O)C2CC(=O)N(c3ccccc3Br)C2)cc1NC(C)=O. The van der Waals surface area contributed by atoms with Crippen molar-refractivity contribution in [3.05, 3.63) is 46.9 Å². The van der Waals surface area contributed by atoms with Gasteiger partial charge in [-0.3, -0.25) is 14.4 Å². The third kappa shape index (κ3) is 4.33. The van der Waals surface area contributed by atoms with E-state index < -0.39 is 5.92 Å². The Balaban J connectivity index is 1.73. The molecule has 0 radical (unpaired) electrons. The number of carbonyl (C=O) groups excluding carboxylic acids is 3. The molecule has 2 N–H and O–H groups in total. The number of halogens is 1. The van der Waals surface area contributed by atoms with Gasteiger partial charge in [-0.1, -0.05) is 12.1 Å². The van der Waals surface area contributed by atoms with Gasteiger partial charge in [0.15, 0.2) is 0 Å². The van der Waals surface area contributed by atoms with Crippen molar-refractivity contribution in [2.45, 2.75) is 13.3 Å². The first-order valence-electron chi connectivity index (χ1n) is 8.70. The molecule has 1 unspecified atom stereocenters. The third-order valence-electron chi connectivity index (χ3n) is 4.42. The molecule has 3 rings (SSSR count). The summed E-state index contributed by atoms with van der Waals surface area (Å²) in [6.07, 6.45) is 0.141. The molecule has 3 amide bonds. The number of methoxy groups -OCH3 is 1. The lowest BCUT2D eigenvalue weighted by Crippen LogP contribution is -2.28. The molecule has 28 heavy (non-hydrogen) atoms. The molecule has 0 aliphatic carbocycles. The van der Waals surface area contributed by atoms with Gasteiger partial charge in [0.2, 0.25) is 17.7 Å². The summed E-state index contributed by atoms with van der Waals surface area (Å²) >= 11 is 3.44. The van der Waals surface area contributed by atoms with E-state index in [4.69, 9.17) is 4.74 Å². The van der Waals surface area contributed by atoms with Crippen molar-refractivity contribution >= 4 is 50.7 Å². The molecule has 1 aliphatic rings. The Kier molecular flexibility index (Phi) is 5.99. The van der Waals surface area contributed by atoms with Crippen molar-refractivity contribution in [1.29, 1.82) is 0 Å². The number of hydrogen-bond acceptors (Lipinski definition) is 4. The monoisotopic (exact) mass is 445 g/mol. The van der Waals surface area contributed by atoms with E-state index in [1.807, 2.05) is 24.3 Å². The molecule has 2 aromatic carbocycles. The quantitative estimate of drug-likeness (QED) is 0.737. The average Bonchev–Trinajstić information content (AvgIpc) is 3.03. The fourth-order valence-corrected chi connectivity index (χ4v) is 3.60. The molecule has 1 heterocycles. The van der Waals surface area contributed by atoms with Crippen LogP contribution in [0.2, 0.25) is 0 Å². The summed E-state index contributed by atoms with van der Waals surface area (Å²) in [7, 11) is 1.50. The molecule has 7 nitrogen and oxygen atoms in total. The van der Waals surface area contributed by atoms with Gasteiger partial charge in [-0.15, -0.1) is 0 Å². The summed E-state index contributed by atoms with van der Waals surface area (Å²) < 4.78 is 6.02. The first-order valence-corrected chi connectivity index (χ1v) is 9.49. The Labute approximate surface area is 171 Å². The number of amides is 3. The zero-order valence-electron chi connectivity index (χ0n) is 15.5. The van der Waals surface area contributed by atoms with Crippen LogP contribution in [0.15, 0.2) is 46.9 Å². The van der Waals surface area contributed by atoms with Gasteiger partial charge in [0, 0.05) is 30.0 Å². The first kappa shape index (κ1) is 19.9. The van der Waals surface area contributed by atoms with E-state index in [0.29, 0.717) is 23.7 Å². The lowest BCUT2D eigenvalue weighted by atomic mass is 10.1. The van der Waals surface area contributed by atoms with Crippen molar-refractivity contribution in [2.24, 2.45) is 5.92 Å². The third-order valence-corrected chi connectivity index (χ3v) is 5.09. The minimum Gasteiger partial charge on any atom is -0.495 e. The van der Waals surface area contributed by atoms with Gasteiger partial charge in [0.25, 0.3) is 0 Å². The number of rotatable bonds is 5. The summed E-state index contributed by atoms with van der Waals surface area (Å²) in [5, 5.41) is 5.49. The van der Waals surface area contributed by atoms with Crippen molar-refractivity contribution < 1.29 is 19.1 Å². The summed E-state index contributed by atoms with van der Waals surface area (Å²) in [4.78, 5) is 38.1. The average molecular weight is 446 g/mol. The maximum absolute atomic E-state index is 12.7. The molecule has 1 fully saturated rings. The Morgan fingerprint density at radius 1 is 1.18 bits per heavy atom. The lowest BCUT2D eigenvalue weighted by molar-refractivity contribution is -0.122. The number of nitrogens with one attached hydrogen (secondary N) is 2. The number of anilines is 3. The van der Waals surface area contributed by atoms with E-state index in [9.17, 15) is 14.4 Å². The minimum atomic E-state index is -0.467. The van der Waals surface area contributed by atoms with Crippen LogP contribution in [0.25, 0.3) is 0 Å². The summed E-state index contributed by atoms with van der Waals surface area (Å²) in [5.74, 6) is -0.565. The van der Waals surface area contributed by atoms with Crippen LogP contribution in [0.1, 0.15) is 13.3 Å². The van der Waals surface area contributed by atoms with E-state index in [1.54, 1.807) is 23.1 Å². The number of nitrogens with zero attached hydrogens (tertiary/aromatic N) is 1. The molecule has 1 aliphatic heterocycles. The zero-order chi connectivity index (χ0) is 20.3. The second kappa shape index (κ2) is 8.43. The van der Waals surface area contributed by atoms with Crippen LogP contribution in [0.5, 0.6) is 5.75 Å². The van der Waals surface area contributed by atoms with Crippen LogP contribution in [-0.2, 0) is 14.4 Å². The summed E-state index contributed by atoms with van der Waals surface area (Å²) in [6.45, 7) is 1.70. The molecule has 1 saturated heterocycles. The predicted molar refractivity (Wildman–Crippen MR) is 111 cm³/mol. The summed E-state index contributed by atoms with van der Waals surface area (Å²) in [6, 6.07) is 12.4. The van der Waals surface area contributed by atoms with Crippen LogP contribution in [0, 0.1) is 5.92 Å². The van der Waals surface area contributed by atoms with E-state index in [-0.39, 0.29) is 24.1 Å². The number of ether oxygens (including phenoxy) is 1. The van der Waals surface area contributed by atoms with Crippen molar-refractivity contribution in [1.82, 2.24) is 0 Å². The maximum Gasteiger partial charge on any atom is 0.229 e. The van der Waals surface area contributed by atoms with Gasteiger partial charge in [-0.2, -0.15) is 0 Å². The number of carbonyl (C=O) groups is 3. The molecule has 0 spiro atoms. The van der Waals surface area contributed by atoms with Gasteiger partial charge in [0.05, 0.1) is 24.4 Å². The standard InChI is InChI=1S/C20H20BrN3O4/c1-12(25)22-16-10-14(7-8-18(16)28-2)23-20(27)13-9-19(26)24(11-13)17-6-4-3-5-15(17)21/h3-8,10,13H,9,11H2,1-2H3,(H,22,25)(H,23,27). The minimum absolute atomic E-state index is 0.0966. The van der Waals surface area contributed by atoms with Gasteiger partial charge >= 0.3 is 0 Å². The second-order valence-corrected chi connectivity index (χ2v) is 7.30. The Morgan fingerprint density at radius 2 is 1.93 bits per heavy atom. The highest BCUT2D eigenvalue weighted by molar-refractivity contribution is 9.10. The van der Waals surface area contributed by atoms with Gasteiger partial charge in [-0.05, 0) is 46.3 Å². The second-order valence-electron chi connectivity index (χ2n) is 6.44. The molecule has 2 aromatic rings. The first-order chi connectivity index (χ1) is 13.4. The Bertz CT molecular complexity index is 931. The maximum atomic E-state index is 12.7. The van der Waals surface area contributed by atoms with Crippen LogP contribution in [0.4, 0.5) is 17.1 Å². The van der Waals surface area contributed by atoms with Crippen LogP contribution >= 0.6 is 15.9 Å². The van der Waals surface area contributed by atoms with Crippen molar-refractivity contribution in [3.8, 4) is 5.75 Å². The highest BCUT2D eigenvalue weighted by Gasteiger charge is 2.35. The van der Waals surface area contributed by atoms with Gasteiger partial charge in [-0.25, -0.2) is 0 Å². The fraction of sp³-hybridized carbons (Fsp3) is 0.250. The highest BCUT2D eigenvalue weighted by Crippen LogP contribution is 2.32. The molecule has 1 atom stereocenters. The molecule has 0 bridgehead atoms. The summed E-state index contributed by atoms with van der Waals surface area (Å²) in [5.41, 5.74) is 1.73. The van der Waals surface area contributed by atoms with Crippen LogP contribution < -0.4 is 20.3 Å². The van der Waals surface area contributed by atoms with E-state index in [0.717, 1.165) is 10.2 Å². The molecule has 0 saturated carbocycles. The number of benzene rings is 2. The van der Waals surface area contributed by atoms with E-state index in [1.165, 1.54) is 14.0 Å². The Hall–Kier alpha value is -2.87. The van der Waals surface area contributed by atoms with Crippen molar-refractivity contribution in [2.75, 3.05) is 29.2 Å². The molecular formula is C20H20BrN3O4. The van der Waals surface area contributed by atoms with Gasteiger partial charge in [0.1, 0.15) is 5.75 Å². The number of para-hydroxylation sites is 1. The normalized spacial score (nSPS) is 16.0. The van der Waals surface area contributed by atoms with E-state index in [2.05, 4.69) is 26.6 Å². The van der Waals surface area contributed by atoms with E-state index >= 15 is 0 Å². The van der Waals surface area contributed by atoms with Crippen molar-refractivity contribution in [3.63, 3.8) is 0 Å². The van der Waals surface area contributed by atoms with Crippen LogP contribution in [0.3, 0.4) is 0 Å². The predicted octanol–water partition coefficient (Wildman–Crippen LogP) is 3.41. The molecule has 0 aromatic heterocycles. The molecule has 146 valence electrons. The highest BCUT2D eigenvalue weighted by atomic mass is 79.9. The largest absolute Gasteiger partial charge is 0.495 e. The Morgan fingerprint density at radius 3 is 2.61 bits per heavy atom. The van der Waals surface area contributed by atoms with Gasteiger partial charge < -0.3 is 20.3 Å². The lowest BCUT2D eigenvalue weighted by Gasteiger charge is -2.18. The fourth-order valence-electron chi connectivity index (χ4n) is 3.10. The smallest absolute Gasteiger partial charge is 0.229 e. The number of hydrogen-bond donors (Lipinski definition) is 2. The topological polar surface area (TPSA) is 87.7 Å². The zero-order valence-corrected chi connectivity index (χ0v) is 17.1. The van der Waals surface area contributed by atoms with Crippen LogP contribution in [-0.4, -0.2) is 31.4 Å². The molecule has 8 heteroatoms.